The fraction of sp³-hybridized carbons (Fsp3) is 0.300. The lowest BCUT2D eigenvalue weighted by Gasteiger charge is -2.07. The first-order chi connectivity index (χ1) is 6.74. The maximum Gasteiger partial charge on any atom is 0.330 e. The van der Waals surface area contributed by atoms with E-state index in [1.165, 1.54) is 11.8 Å². The molecule has 0 aliphatic rings. The molecule has 0 fully saturated rings. The van der Waals surface area contributed by atoms with Crippen LogP contribution in [0.4, 0.5) is 0 Å². The number of benzene rings is 1. The topological polar surface area (TPSA) is 26.3 Å². The van der Waals surface area contributed by atoms with Crippen molar-refractivity contribution in [2.45, 2.75) is 16.0 Å². The van der Waals surface area contributed by atoms with Gasteiger partial charge in [-0.2, -0.15) is 0 Å². The van der Waals surface area contributed by atoms with Gasteiger partial charge >= 0.3 is 5.97 Å². The summed E-state index contributed by atoms with van der Waals surface area (Å²) in [6, 6.07) is 9.73. The number of carbonyl (C=O) groups excluding carboxylic acids is 1. The van der Waals surface area contributed by atoms with E-state index in [1.54, 1.807) is 6.92 Å². The smallest absolute Gasteiger partial charge is 0.330 e. The standard InChI is InChI=1S/C10H11BrO2S/c1-2-13-10(12)9(11)14-8-6-4-3-5-7-8/h3-7,9H,2H2,1H3. The first-order valence-corrected chi connectivity index (χ1v) is 6.06. The average molecular weight is 275 g/mol. The van der Waals surface area contributed by atoms with Gasteiger partial charge in [0.2, 0.25) is 0 Å². The molecule has 1 unspecified atom stereocenters. The van der Waals surface area contributed by atoms with Gasteiger partial charge in [0.15, 0.2) is 4.16 Å². The second kappa shape index (κ2) is 6.09. The predicted octanol–water partition coefficient (Wildman–Crippen LogP) is 3.06. The van der Waals surface area contributed by atoms with Crippen molar-refractivity contribution < 1.29 is 9.53 Å². The van der Waals surface area contributed by atoms with Gasteiger partial charge in [0.1, 0.15) is 0 Å². The zero-order valence-electron chi connectivity index (χ0n) is 7.77. The van der Waals surface area contributed by atoms with Crippen LogP contribution in [0.1, 0.15) is 6.92 Å². The summed E-state index contributed by atoms with van der Waals surface area (Å²) in [6.45, 7) is 2.21. The fourth-order valence-electron chi connectivity index (χ4n) is 0.874. The van der Waals surface area contributed by atoms with Gasteiger partial charge in [-0.3, -0.25) is 0 Å². The van der Waals surface area contributed by atoms with Crippen molar-refractivity contribution in [3.05, 3.63) is 30.3 Å². The molecule has 0 aromatic heterocycles. The molecule has 2 nitrogen and oxygen atoms in total. The molecule has 76 valence electrons. The van der Waals surface area contributed by atoms with Crippen molar-refractivity contribution in [2.75, 3.05) is 6.61 Å². The first kappa shape index (κ1) is 11.6. The number of thioether (sulfide) groups is 1. The molecule has 0 saturated carbocycles. The molecular formula is C10H11BrO2S. The molecule has 0 heterocycles. The second-order valence-corrected chi connectivity index (χ2v) is 5.20. The normalized spacial score (nSPS) is 12.1. The van der Waals surface area contributed by atoms with E-state index in [-0.39, 0.29) is 10.1 Å². The zero-order chi connectivity index (χ0) is 10.4. The molecule has 0 spiro atoms. The SMILES string of the molecule is CCOC(=O)C(Br)Sc1ccccc1. The van der Waals surface area contributed by atoms with Gasteiger partial charge in [-0.05, 0) is 19.1 Å². The molecule has 0 aliphatic carbocycles. The van der Waals surface area contributed by atoms with Gasteiger partial charge in [-0.25, -0.2) is 4.79 Å². The molecule has 4 heteroatoms. The van der Waals surface area contributed by atoms with Crippen molar-refractivity contribution in [1.29, 1.82) is 0 Å². The summed E-state index contributed by atoms with van der Waals surface area (Å²) >= 11 is 4.70. The van der Waals surface area contributed by atoms with Crippen molar-refractivity contribution in [3.8, 4) is 0 Å². The van der Waals surface area contributed by atoms with Crippen LogP contribution in [-0.4, -0.2) is 16.7 Å². The van der Waals surface area contributed by atoms with E-state index in [0.29, 0.717) is 6.61 Å². The van der Waals surface area contributed by atoms with Crippen LogP contribution in [0.3, 0.4) is 0 Å². The molecule has 0 N–H and O–H groups in total. The summed E-state index contributed by atoms with van der Waals surface area (Å²) in [5, 5.41) is 0. The van der Waals surface area contributed by atoms with Crippen LogP contribution in [0.2, 0.25) is 0 Å². The third-order valence-electron chi connectivity index (χ3n) is 1.45. The minimum absolute atomic E-state index is 0.235. The molecule has 1 aromatic rings. The predicted molar refractivity (Wildman–Crippen MR) is 61.6 cm³/mol. The Balaban J connectivity index is 2.49. The van der Waals surface area contributed by atoms with Crippen molar-refractivity contribution in [1.82, 2.24) is 0 Å². The van der Waals surface area contributed by atoms with E-state index in [9.17, 15) is 4.79 Å². The molecule has 0 amide bonds. The second-order valence-electron chi connectivity index (χ2n) is 2.50. The quantitative estimate of drug-likeness (QED) is 0.480. The number of alkyl halides is 1. The Hall–Kier alpha value is -0.480. The molecule has 1 atom stereocenters. The summed E-state index contributed by atoms with van der Waals surface area (Å²) in [6.07, 6.45) is 0. The van der Waals surface area contributed by atoms with E-state index in [1.807, 2.05) is 30.3 Å². The Morgan fingerprint density at radius 1 is 1.50 bits per heavy atom. The van der Waals surface area contributed by atoms with Crippen LogP contribution >= 0.6 is 27.7 Å². The van der Waals surface area contributed by atoms with E-state index in [2.05, 4.69) is 15.9 Å². The summed E-state index contributed by atoms with van der Waals surface area (Å²) in [5.74, 6) is -0.235. The summed E-state index contributed by atoms with van der Waals surface area (Å²) in [7, 11) is 0. The fourth-order valence-corrected chi connectivity index (χ4v) is 2.37. The highest BCUT2D eigenvalue weighted by Gasteiger charge is 2.16. The van der Waals surface area contributed by atoms with Gasteiger partial charge < -0.3 is 4.74 Å². The number of hydrogen-bond acceptors (Lipinski definition) is 3. The van der Waals surface area contributed by atoms with Gasteiger partial charge in [0.05, 0.1) is 6.61 Å². The monoisotopic (exact) mass is 274 g/mol. The Morgan fingerprint density at radius 3 is 2.71 bits per heavy atom. The van der Waals surface area contributed by atoms with E-state index in [4.69, 9.17) is 4.74 Å². The Morgan fingerprint density at radius 2 is 2.14 bits per heavy atom. The van der Waals surface area contributed by atoms with Crippen molar-refractivity contribution in [2.24, 2.45) is 0 Å². The summed E-state index contributed by atoms with van der Waals surface area (Å²) in [4.78, 5) is 12.3. The number of ether oxygens (including phenoxy) is 1. The minimum atomic E-state index is -0.329. The molecular weight excluding hydrogens is 264 g/mol. The van der Waals surface area contributed by atoms with Crippen LogP contribution in [0.5, 0.6) is 0 Å². The van der Waals surface area contributed by atoms with Crippen molar-refractivity contribution >= 4 is 33.7 Å². The molecule has 14 heavy (non-hydrogen) atoms. The first-order valence-electron chi connectivity index (χ1n) is 4.26. The van der Waals surface area contributed by atoms with Gasteiger partial charge in [0, 0.05) is 4.90 Å². The minimum Gasteiger partial charge on any atom is -0.465 e. The molecule has 0 radical (unpaired) electrons. The molecule has 0 saturated heterocycles. The molecule has 1 aromatic carbocycles. The maximum absolute atomic E-state index is 11.3. The lowest BCUT2D eigenvalue weighted by Crippen LogP contribution is -2.13. The van der Waals surface area contributed by atoms with Crippen LogP contribution in [0.15, 0.2) is 35.2 Å². The number of halogens is 1. The van der Waals surface area contributed by atoms with Gasteiger partial charge in [-0.1, -0.05) is 45.9 Å². The number of hydrogen-bond donors (Lipinski definition) is 0. The highest BCUT2D eigenvalue weighted by atomic mass is 79.9. The summed E-state index contributed by atoms with van der Waals surface area (Å²) < 4.78 is 4.54. The Kier molecular flexibility index (Phi) is 5.04. The van der Waals surface area contributed by atoms with Gasteiger partial charge in [0.25, 0.3) is 0 Å². The Bertz CT molecular complexity index is 289. The Labute approximate surface area is 96.2 Å². The van der Waals surface area contributed by atoms with Crippen LogP contribution < -0.4 is 0 Å². The third kappa shape index (κ3) is 3.72. The molecule has 1 rings (SSSR count). The zero-order valence-corrected chi connectivity index (χ0v) is 10.2. The van der Waals surface area contributed by atoms with E-state index >= 15 is 0 Å². The highest BCUT2D eigenvalue weighted by Crippen LogP contribution is 2.27. The molecule has 0 aliphatic heterocycles. The van der Waals surface area contributed by atoms with Crippen molar-refractivity contribution in [3.63, 3.8) is 0 Å². The lowest BCUT2D eigenvalue weighted by molar-refractivity contribution is -0.140. The third-order valence-corrected chi connectivity index (χ3v) is 3.33. The van der Waals surface area contributed by atoms with Crippen LogP contribution in [0.25, 0.3) is 0 Å². The van der Waals surface area contributed by atoms with E-state index < -0.39 is 0 Å². The highest BCUT2D eigenvalue weighted by molar-refractivity contribution is 9.11. The summed E-state index contributed by atoms with van der Waals surface area (Å²) in [5.41, 5.74) is 0. The number of esters is 1. The molecule has 0 bridgehead atoms. The van der Waals surface area contributed by atoms with Crippen LogP contribution in [-0.2, 0) is 9.53 Å². The van der Waals surface area contributed by atoms with Crippen LogP contribution in [0, 0.1) is 0 Å². The number of carbonyl (C=O) groups is 1. The average Bonchev–Trinajstić information content (AvgIpc) is 2.19. The lowest BCUT2D eigenvalue weighted by atomic mass is 10.4. The van der Waals surface area contributed by atoms with E-state index in [0.717, 1.165) is 4.90 Å². The van der Waals surface area contributed by atoms with Gasteiger partial charge in [-0.15, -0.1) is 0 Å². The largest absolute Gasteiger partial charge is 0.465 e. The number of rotatable bonds is 4. The maximum atomic E-state index is 11.3.